The molecule has 0 rings (SSSR count). The summed E-state index contributed by atoms with van der Waals surface area (Å²) in [6, 6.07) is 0. The molecule has 0 spiro atoms. The first-order chi connectivity index (χ1) is 23.7. The van der Waals surface area contributed by atoms with Crippen LogP contribution in [0.1, 0.15) is 13.8 Å². The Hall–Kier alpha value is -4.76. The lowest BCUT2D eigenvalue weighted by molar-refractivity contribution is -0.187. The summed E-state index contributed by atoms with van der Waals surface area (Å²) in [4.78, 5) is 80.9. The molecule has 0 amide bonds. The molecule has 0 aromatic heterocycles. The van der Waals surface area contributed by atoms with Gasteiger partial charge >= 0.3 is 47.8 Å². The van der Waals surface area contributed by atoms with Gasteiger partial charge in [-0.05, 0) is 6.92 Å². The highest BCUT2D eigenvalue weighted by molar-refractivity contribution is 5.79. The molecule has 0 aliphatic rings. The Labute approximate surface area is 292 Å². The maximum atomic E-state index is 10.2. The molecule has 12 unspecified atom stereocenters. The van der Waals surface area contributed by atoms with Gasteiger partial charge in [-0.15, -0.1) is 0 Å². The lowest BCUT2D eigenvalue weighted by Gasteiger charge is -2.28. The molecular formula is C24H40O29. The van der Waals surface area contributed by atoms with Crippen molar-refractivity contribution >= 4 is 47.8 Å². The summed E-state index contributed by atoms with van der Waals surface area (Å²) in [5, 5.41) is 180. The van der Waals surface area contributed by atoms with Crippen molar-refractivity contribution in [3.63, 3.8) is 0 Å². The molecule has 0 aliphatic heterocycles. The van der Waals surface area contributed by atoms with Crippen LogP contribution in [0, 0.1) is 5.92 Å². The van der Waals surface area contributed by atoms with E-state index in [0.717, 1.165) is 6.92 Å². The van der Waals surface area contributed by atoms with E-state index in [1.807, 2.05) is 0 Å². The molecular weight excluding hydrogens is 752 g/mol. The second-order valence-electron chi connectivity index (χ2n) is 10.2. The van der Waals surface area contributed by atoms with Gasteiger partial charge in [-0.2, -0.15) is 0 Å². The van der Waals surface area contributed by atoms with Crippen LogP contribution in [-0.4, -0.2) is 234 Å². The van der Waals surface area contributed by atoms with E-state index in [4.69, 9.17) is 107 Å². The summed E-state index contributed by atoms with van der Waals surface area (Å²) in [5.74, 6) is -15.3. The highest BCUT2D eigenvalue weighted by atomic mass is 16.5. The van der Waals surface area contributed by atoms with E-state index in [-0.39, 0.29) is 0 Å². The first kappa shape index (κ1) is 55.0. The van der Waals surface area contributed by atoms with E-state index in [9.17, 15) is 38.4 Å². The number of aliphatic hydroxyl groups excluding tert-OH is 12. The molecule has 0 saturated carbocycles. The van der Waals surface area contributed by atoms with Crippen molar-refractivity contribution in [2.45, 2.75) is 92.7 Å². The number of carboxylic acids is 8. The van der Waals surface area contributed by atoms with Crippen LogP contribution in [-0.2, 0) is 38.4 Å². The van der Waals surface area contributed by atoms with Crippen molar-refractivity contribution < 1.29 is 146 Å². The third-order valence-corrected chi connectivity index (χ3v) is 6.08. The Bertz CT molecular complexity index is 1090. The fourth-order valence-electron chi connectivity index (χ4n) is 2.60. The van der Waals surface area contributed by atoms with Gasteiger partial charge in [0.2, 0.25) is 0 Å². The lowest BCUT2D eigenvalue weighted by Crippen LogP contribution is -2.56. The highest BCUT2D eigenvalue weighted by Gasteiger charge is 2.46. The van der Waals surface area contributed by atoms with Crippen LogP contribution in [0.2, 0.25) is 0 Å². The van der Waals surface area contributed by atoms with E-state index in [0.29, 0.717) is 6.92 Å². The zero-order chi connectivity index (χ0) is 43.6. The standard InChI is InChI=1S/2C6H10O8.C6H10O7.C6H10O6/c2*7-1(3(9)5(11)12)2(8)4(10)6(13)14;1-6(13,2(7)4(9)10)3(8)5(11)12;1-2(3(7)5(9)10)4(8)6(11)12/h2*1-4,7-10H,(H,11,12)(H,13,14);2-3,7-8,13H,1H3,(H,9,10)(H,11,12);2-4,7-8H,1H3,(H,9,10)(H,11,12). The number of aliphatic hydroxyl groups is 13. The van der Waals surface area contributed by atoms with Gasteiger partial charge in [-0.1, -0.05) is 6.92 Å². The number of hydrogen-bond donors (Lipinski definition) is 21. The largest absolute Gasteiger partial charge is 0.479 e. The molecule has 53 heavy (non-hydrogen) atoms. The zero-order valence-corrected chi connectivity index (χ0v) is 26.7. The number of carboxylic acid groups (broad SMARTS) is 8. The molecule has 0 heterocycles. The number of carbonyl (C=O) groups is 8. The van der Waals surface area contributed by atoms with Gasteiger partial charge in [-0.25, -0.2) is 38.4 Å². The van der Waals surface area contributed by atoms with Crippen LogP contribution in [0.3, 0.4) is 0 Å². The molecule has 29 nitrogen and oxygen atoms in total. The Morgan fingerprint density at radius 2 is 0.491 bits per heavy atom. The van der Waals surface area contributed by atoms with Crippen molar-refractivity contribution in [3.8, 4) is 0 Å². The highest BCUT2D eigenvalue weighted by Crippen LogP contribution is 2.16. The van der Waals surface area contributed by atoms with Gasteiger partial charge in [0.05, 0.1) is 0 Å². The molecule has 0 aromatic rings. The fourth-order valence-corrected chi connectivity index (χ4v) is 2.60. The molecule has 0 bridgehead atoms. The minimum Gasteiger partial charge on any atom is -0.479 e. The van der Waals surface area contributed by atoms with E-state index >= 15 is 0 Å². The van der Waals surface area contributed by atoms with Crippen molar-refractivity contribution in [3.05, 3.63) is 0 Å². The van der Waals surface area contributed by atoms with E-state index in [1.165, 1.54) is 0 Å². The van der Waals surface area contributed by atoms with Crippen molar-refractivity contribution in [1.29, 1.82) is 0 Å². The molecule has 0 fully saturated rings. The maximum absolute atomic E-state index is 10.2. The third-order valence-electron chi connectivity index (χ3n) is 6.08. The van der Waals surface area contributed by atoms with Crippen LogP contribution < -0.4 is 0 Å². The second kappa shape index (κ2) is 24.5. The quantitative estimate of drug-likeness (QED) is 0.0612. The predicted molar refractivity (Wildman–Crippen MR) is 153 cm³/mol. The van der Waals surface area contributed by atoms with Crippen molar-refractivity contribution in [2.75, 3.05) is 0 Å². The molecule has 0 aromatic carbocycles. The second-order valence-corrected chi connectivity index (χ2v) is 10.2. The minimum atomic E-state index is -2.63. The smallest absolute Gasteiger partial charge is 0.335 e. The number of rotatable bonds is 18. The average molecular weight is 793 g/mol. The lowest BCUT2D eigenvalue weighted by atomic mass is 9.92. The summed E-state index contributed by atoms with van der Waals surface area (Å²) in [6.07, 6.45) is -27.0. The first-order valence-electron chi connectivity index (χ1n) is 13.4. The molecule has 310 valence electrons. The van der Waals surface area contributed by atoms with Gasteiger partial charge in [0.25, 0.3) is 0 Å². The van der Waals surface area contributed by atoms with Crippen LogP contribution in [0.5, 0.6) is 0 Å². The fraction of sp³-hybridized carbons (Fsp3) is 0.667. The molecule has 0 radical (unpaired) electrons. The summed E-state index contributed by atoms with van der Waals surface area (Å²) in [7, 11) is 0. The monoisotopic (exact) mass is 792 g/mol. The summed E-state index contributed by atoms with van der Waals surface area (Å²) >= 11 is 0. The van der Waals surface area contributed by atoms with Crippen LogP contribution >= 0.6 is 0 Å². The molecule has 21 N–H and O–H groups in total. The van der Waals surface area contributed by atoms with E-state index < -0.39 is 133 Å². The summed E-state index contributed by atoms with van der Waals surface area (Å²) < 4.78 is 0. The molecule has 0 saturated heterocycles. The summed E-state index contributed by atoms with van der Waals surface area (Å²) in [6.45, 7) is 1.85. The predicted octanol–water partition coefficient (Wildman–Crippen LogP) is -10.7. The van der Waals surface area contributed by atoms with Crippen LogP contribution in [0.25, 0.3) is 0 Å². The molecule has 29 heteroatoms. The van der Waals surface area contributed by atoms with Crippen LogP contribution in [0.4, 0.5) is 0 Å². The van der Waals surface area contributed by atoms with Crippen molar-refractivity contribution in [1.82, 2.24) is 0 Å². The summed E-state index contributed by atoms with van der Waals surface area (Å²) in [5.41, 5.74) is -2.63. The van der Waals surface area contributed by atoms with Gasteiger partial charge in [0, 0.05) is 5.92 Å². The van der Waals surface area contributed by atoms with Gasteiger partial charge < -0.3 is 107 Å². The number of hydrogen-bond acceptors (Lipinski definition) is 21. The van der Waals surface area contributed by atoms with Gasteiger partial charge in [0.1, 0.15) is 30.0 Å². The minimum absolute atomic E-state index is 0.713. The maximum Gasteiger partial charge on any atom is 0.335 e. The normalized spacial score (nSPS) is 19.2. The van der Waals surface area contributed by atoms with E-state index in [1.54, 1.807) is 0 Å². The molecule has 0 aliphatic carbocycles. The molecule has 12 atom stereocenters. The topological polar surface area (TPSA) is 561 Å². The Balaban J connectivity index is -0.000000303. The number of aliphatic carboxylic acids is 8. The Morgan fingerprint density at radius 3 is 0.604 bits per heavy atom. The van der Waals surface area contributed by atoms with Crippen LogP contribution in [0.15, 0.2) is 0 Å². The SMILES string of the molecule is CC(C(O)C(=O)O)C(O)C(=O)O.CC(O)(C(O)C(=O)O)C(O)C(=O)O.O=C(O)C(O)C(O)C(O)C(O)C(=O)O.O=C(O)C(O)C(O)C(O)C(O)C(=O)O. The third kappa shape index (κ3) is 19.1. The van der Waals surface area contributed by atoms with Gasteiger partial charge in [-0.3, -0.25) is 0 Å². The first-order valence-corrected chi connectivity index (χ1v) is 13.4. The zero-order valence-electron chi connectivity index (χ0n) is 26.7. The Morgan fingerprint density at radius 1 is 0.340 bits per heavy atom. The van der Waals surface area contributed by atoms with E-state index in [2.05, 4.69) is 0 Å². The van der Waals surface area contributed by atoms with Gasteiger partial charge in [0.15, 0.2) is 48.8 Å². The Kier molecular flexibility index (Phi) is 25.4. The van der Waals surface area contributed by atoms with Crippen molar-refractivity contribution in [2.24, 2.45) is 5.92 Å². The average Bonchev–Trinajstić information content (AvgIpc) is 3.07.